The van der Waals surface area contributed by atoms with E-state index in [0.29, 0.717) is 12.2 Å². The van der Waals surface area contributed by atoms with E-state index in [0.717, 1.165) is 19.6 Å². The second-order valence-electron chi connectivity index (χ2n) is 4.65. The first-order valence-corrected chi connectivity index (χ1v) is 7.97. The van der Waals surface area contributed by atoms with Crippen LogP contribution in [0, 0.1) is 0 Å². The van der Waals surface area contributed by atoms with Gasteiger partial charge in [0.1, 0.15) is 0 Å². The number of hydrogen-bond acceptors (Lipinski definition) is 4. The molecule has 0 saturated carbocycles. The van der Waals surface area contributed by atoms with E-state index >= 15 is 0 Å². The van der Waals surface area contributed by atoms with Gasteiger partial charge in [0.2, 0.25) is 0 Å². The molecule has 0 radical (unpaired) electrons. The van der Waals surface area contributed by atoms with Crippen molar-refractivity contribution in [1.29, 1.82) is 0 Å². The maximum absolute atomic E-state index is 11.8. The molecule has 3 nitrogen and oxygen atoms in total. The molecule has 21 heavy (non-hydrogen) atoms. The number of esters is 1. The quantitative estimate of drug-likeness (QED) is 0.739. The molecule has 1 heterocycles. The van der Waals surface area contributed by atoms with Crippen LogP contribution in [0.15, 0.2) is 23.6 Å². The molecule has 0 aliphatic carbocycles. The topological polar surface area (TPSA) is 29.5 Å². The van der Waals surface area contributed by atoms with E-state index in [9.17, 15) is 4.79 Å². The molecule has 0 atom stereocenters. The molecule has 0 amide bonds. The zero-order chi connectivity index (χ0) is 14.5. The van der Waals surface area contributed by atoms with E-state index in [1.165, 1.54) is 15.6 Å². The fourth-order valence-electron chi connectivity index (χ4n) is 2.23. The van der Waals surface area contributed by atoms with Crippen molar-refractivity contribution in [2.24, 2.45) is 0 Å². The van der Waals surface area contributed by atoms with Crippen molar-refractivity contribution >= 4 is 39.8 Å². The number of benzene rings is 1. The van der Waals surface area contributed by atoms with Gasteiger partial charge in [-0.15, -0.1) is 23.7 Å². The second kappa shape index (κ2) is 8.37. The smallest absolute Gasteiger partial charge is 0.338 e. The van der Waals surface area contributed by atoms with Gasteiger partial charge in [0.05, 0.1) is 12.2 Å². The van der Waals surface area contributed by atoms with E-state index in [2.05, 4.69) is 24.1 Å². The first kappa shape index (κ1) is 18.0. The molecule has 1 aromatic carbocycles. The van der Waals surface area contributed by atoms with Crippen molar-refractivity contribution < 1.29 is 9.53 Å². The molecule has 0 aliphatic heterocycles. The summed E-state index contributed by atoms with van der Waals surface area (Å²) in [6, 6.07) is 5.82. The largest absolute Gasteiger partial charge is 0.462 e. The fourth-order valence-corrected chi connectivity index (χ4v) is 3.17. The Bertz CT molecular complexity index is 593. The SMILES string of the molecule is CCOC(=O)c1ccc2scc(CN(CC)CC)c2c1.Cl. The molecule has 1 aromatic heterocycles. The van der Waals surface area contributed by atoms with Crippen LogP contribution < -0.4 is 0 Å². The number of rotatable bonds is 6. The van der Waals surface area contributed by atoms with Gasteiger partial charge in [-0.05, 0) is 54.5 Å². The lowest BCUT2D eigenvalue weighted by Gasteiger charge is -2.17. The van der Waals surface area contributed by atoms with Crippen LogP contribution in [0.1, 0.15) is 36.7 Å². The Kier molecular flexibility index (Phi) is 7.15. The first-order chi connectivity index (χ1) is 9.69. The summed E-state index contributed by atoms with van der Waals surface area (Å²) in [6.45, 7) is 9.57. The molecule has 0 saturated heterocycles. The molecule has 2 rings (SSSR count). The highest BCUT2D eigenvalue weighted by molar-refractivity contribution is 7.17. The lowest BCUT2D eigenvalue weighted by atomic mass is 10.1. The molecule has 0 aliphatic rings. The molecular weight excluding hydrogens is 306 g/mol. The van der Waals surface area contributed by atoms with Crippen molar-refractivity contribution in [3.05, 3.63) is 34.7 Å². The number of nitrogens with zero attached hydrogens (tertiary/aromatic N) is 1. The molecule has 5 heteroatoms. The molecule has 0 fully saturated rings. The number of carbonyl (C=O) groups is 1. The summed E-state index contributed by atoms with van der Waals surface area (Å²) in [5, 5.41) is 3.37. The number of hydrogen-bond donors (Lipinski definition) is 0. The van der Waals surface area contributed by atoms with Gasteiger partial charge in [0.15, 0.2) is 0 Å². The molecule has 0 bridgehead atoms. The summed E-state index contributed by atoms with van der Waals surface area (Å²) in [5.41, 5.74) is 1.93. The van der Waals surface area contributed by atoms with Crippen LogP contribution in [0.5, 0.6) is 0 Å². The molecule has 116 valence electrons. The highest BCUT2D eigenvalue weighted by Gasteiger charge is 2.12. The minimum absolute atomic E-state index is 0. The van der Waals surface area contributed by atoms with Crippen LogP contribution in [-0.4, -0.2) is 30.6 Å². The van der Waals surface area contributed by atoms with Crippen molar-refractivity contribution in [3.8, 4) is 0 Å². The predicted octanol–water partition coefficient (Wildman–Crippen LogP) is 4.34. The Hall–Kier alpha value is -1.10. The van der Waals surface area contributed by atoms with E-state index in [4.69, 9.17) is 4.74 Å². The number of carbonyl (C=O) groups excluding carboxylic acids is 1. The molecule has 0 spiro atoms. The zero-order valence-electron chi connectivity index (χ0n) is 12.7. The zero-order valence-corrected chi connectivity index (χ0v) is 14.4. The third-order valence-corrected chi connectivity index (χ3v) is 4.47. The predicted molar refractivity (Wildman–Crippen MR) is 91.7 cm³/mol. The number of ether oxygens (including phenoxy) is 1. The average Bonchev–Trinajstić information content (AvgIpc) is 2.87. The highest BCUT2D eigenvalue weighted by Crippen LogP contribution is 2.28. The van der Waals surface area contributed by atoms with Crippen LogP contribution in [-0.2, 0) is 11.3 Å². The number of fused-ring (bicyclic) bond motifs is 1. The maximum Gasteiger partial charge on any atom is 0.338 e. The maximum atomic E-state index is 11.8. The van der Waals surface area contributed by atoms with Gasteiger partial charge in [-0.2, -0.15) is 0 Å². The number of halogens is 1. The minimum Gasteiger partial charge on any atom is -0.462 e. The van der Waals surface area contributed by atoms with Crippen molar-refractivity contribution in [1.82, 2.24) is 4.90 Å². The molecule has 2 aromatic rings. The fraction of sp³-hybridized carbons (Fsp3) is 0.438. The van der Waals surface area contributed by atoms with Gasteiger partial charge in [-0.25, -0.2) is 4.79 Å². The standard InChI is InChI=1S/C16H21NO2S.ClH/c1-4-17(5-2)10-13-11-20-15-8-7-12(9-14(13)15)16(18)19-6-3;/h7-9,11H,4-6,10H2,1-3H3;1H. The summed E-state index contributed by atoms with van der Waals surface area (Å²) in [6.07, 6.45) is 0. The van der Waals surface area contributed by atoms with Gasteiger partial charge in [0.25, 0.3) is 0 Å². The molecule has 0 unspecified atom stereocenters. The van der Waals surface area contributed by atoms with Crippen LogP contribution in [0.3, 0.4) is 0 Å². The van der Waals surface area contributed by atoms with E-state index in [1.807, 2.05) is 25.1 Å². The Balaban J connectivity index is 0.00000220. The van der Waals surface area contributed by atoms with Crippen LogP contribution in [0.25, 0.3) is 10.1 Å². The van der Waals surface area contributed by atoms with Gasteiger partial charge in [-0.1, -0.05) is 13.8 Å². The summed E-state index contributed by atoms with van der Waals surface area (Å²) in [7, 11) is 0. The third-order valence-electron chi connectivity index (χ3n) is 3.45. The van der Waals surface area contributed by atoms with E-state index < -0.39 is 0 Å². The van der Waals surface area contributed by atoms with E-state index in [-0.39, 0.29) is 18.4 Å². The van der Waals surface area contributed by atoms with Gasteiger partial charge in [-0.3, -0.25) is 4.90 Å². The van der Waals surface area contributed by atoms with Crippen molar-refractivity contribution in [2.75, 3.05) is 19.7 Å². The molecule has 0 N–H and O–H groups in total. The molecular formula is C16H22ClNO2S. The van der Waals surface area contributed by atoms with Crippen LogP contribution in [0.4, 0.5) is 0 Å². The minimum atomic E-state index is -0.241. The summed E-state index contributed by atoms with van der Waals surface area (Å²) >= 11 is 1.73. The van der Waals surface area contributed by atoms with Gasteiger partial charge in [0, 0.05) is 11.2 Å². The summed E-state index contributed by atoms with van der Waals surface area (Å²) in [5.74, 6) is -0.241. The third kappa shape index (κ3) is 4.19. The Morgan fingerprint density at radius 1 is 1.24 bits per heavy atom. The summed E-state index contributed by atoms with van der Waals surface area (Å²) in [4.78, 5) is 14.2. The summed E-state index contributed by atoms with van der Waals surface area (Å²) < 4.78 is 6.29. The van der Waals surface area contributed by atoms with Crippen molar-refractivity contribution in [3.63, 3.8) is 0 Å². The van der Waals surface area contributed by atoms with Gasteiger partial charge >= 0.3 is 5.97 Å². The number of thiophene rings is 1. The van der Waals surface area contributed by atoms with Gasteiger partial charge < -0.3 is 4.74 Å². The first-order valence-electron chi connectivity index (χ1n) is 7.09. The lowest BCUT2D eigenvalue weighted by Crippen LogP contribution is -2.21. The average molecular weight is 328 g/mol. The van der Waals surface area contributed by atoms with Crippen molar-refractivity contribution in [2.45, 2.75) is 27.3 Å². The monoisotopic (exact) mass is 327 g/mol. The Labute approximate surface area is 136 Å². The normalized spacial score (nSPS) is 10.7. The van der Waals surface area contributed by atoms with Crippen LogP contribution >= 0.6 is 23.7 Å². The lowest BCUT2D eigenvalue weighted by molar-refractivity contribution is 0.0526. The highest BCUT2D eigenvalue weighted by atomic mass is 35.5. The second-order valence-corrected chi connectivity index (χ2v) is 5.56. The van der Waals surface area contributed by atoms with Crippen LogP contribution in [0.2, 0.25) is 0 Å². The Morgan fingerprint density at radius 3 is 2.57 bits per heavy atom. The Morgan fingerprint density at radius 2 is 1.95 bits per heavy atom. The van der Waals surface area contributed by atoms with E-state index in [1.54, 1.807) is 11.3 Å².